The average molecular weight is 186 g/mol. The van der Waals surface area contributed by atoms with Gasteiger partial charge in [-0.25, -0.2) is 4.39 Å². The Bertz CT molecular complexity index is 297. The van der Waals surface area contributed by atoms with Crippen LogP contribution in [-0.4, -0.2) is 6.54 Å². The zero-order valence-corrected chi connectivity index (χ0v) is 7.24. The van der Waals surface area contributed by atoms with Crippen LogP contribution in [0, 0.1) is 5.82 Å². The Morgan fingerprint density at radius 1 is 1.50 bits per heavy atom. The number of hydrogen-bond donors (Lipinski definition) is 1. The zero-order chi connectivity index (χ0) is 8.55. The number of rotatable bonds is 1. The highest BCUT2D eigenvalue weighted by Crippen LogP contribution is 2.29. The van der Waals surface area contributed by atoms with Crippen LogP contribution in [0.1, 0.15) is 18.0 Å². The summed E-state index contributed by atoms with van der Waals surface area (Å²) in [7, 11) is 0. The molecule has 1 aromatic carbocycles. The highest BCUT2D eigenvalue weighted by Gasteiger charge is 2.20. The van der Waals surface area contributed by atoms with Gasteiger partial charge in [-0.2, -0.15) is 0 Å². The molecule has 1 nitrogen and oxygen atoms in total. The normalized spacial score (nSPS) is 22.0. The van der Waals surface area contributed by atoms with E-state index in [9.17, 15) is 4.39 Å². The quantitative estimate of drug-likeness (QED) is 0.709. The molecule has 1 aliphatic rings. The molecular formula is C9H9ClFN. The van der Waals surface area contributed by atoms with Gasteiger partial charge in [-0.05, 0) is 30.7 Å². The van der Waals surface area contributed by atoms with Crippen LogP contribution in [-0.2, 0) is 0 Å². The lowest BCUT2D eigenvalue weighted by molar-refractivity contribution is 0.383. The zero-order valence-electron chi connectivity index (χ0n) is 6.48. The van der Waals surface area contributed by atoms with Gasteiger partial charge in [0.2, 0.25) is 0 Å². The molecule has 0 spiro atoms. The van der Waals surface area contributed by atoms with Gasteiger partial charge in [0, 0.05) is 11.1 Å². The number of benzene rings is 1. The third kappa shape index (κ3) is 1.32. The van der Waals surface area contributed by atoms with E-state index in [1.165, 1.54) is 12.1 Å². The van der Waals surface area contributed by atoms with Crippen molar-refractivity contribution < 1.29 is 4.39 Å². The number of halogens is 2. The molecule has 1 aliphatic heterocycles. The predicted octanol–water partition coefficient (Wildman–Crippen LogP) is 2.51. The maximum Gasteiger partial charge on any atom is 0.124 e. The summed E-state index contributed by atoms with van der Waals surface area (Å²) in [5, 5.41) is 3.74. The van der Waals surface area contributed by atoms with Crippen molar-refractivity contribution in [2.24, 2.45) is 0 Å². The van der Waals surface area contributed by atoms with Crippen LogP contribution in [0.3, 0.4) is 0 Å². The number of nitrogens with one attached hydrogen (secondary N) is 1. The lowest BCUT2D eigenvalue weighted by Crippen LogP contribution is -2.35. The molecule has 1 saturated heterocycles. The van der Waals surface area contributed by atoms with Crippen LogP contribution in [0.15, 0.2) is 18.2 Å². The lowest BCUT2D eigenvalue weighted by atomic mass is 9.98. The van der Waals surface area contributed by atoms with E-state index in [0.29, 0.717) is 11.1 Å². The molecule has 0 aromatic heterocycles. The second-order valence-corrected chi connectivity index (χ2v) is 3.37. The van der Waals surface area contributed by atoms with E-state index in [1.54, 1.807) is 6.07 Å². The van der Waals surface area contributed by atoms with Crippen molar-refractivity contribution in [2.45, 2.75) is 12.5 Å². The molecule has 1 atom stereocenters. The van der Waals surface area contributed by atoms with Gasteiger partial charge in [0.05, 0.1) is 0 Å². The first-order valence-corrected chi connectivity index (χ1v) is 4.33. The molecular weight excluding hydrogens is 177 g/mol. The summed E-state index contributed by atoms with van der Waals surface area (Å²) in [6.45, 7) is 1.03. The fourth-order valence-corrected chi connectivity index (χ4v) is 1.64. The summed E-state index contributed by atoms with van der Waals surface area (Å²) in [4.78, 5) is 0. The maximum absolute atomic E-state index is 12.6. The Balaban J connectivity index is 2.31. The third-order valence-electron chi connectivity index (χ3n) is 2.16. The molecule has 1 fully saturated rings. The molecule has 0 radical (unpaired) electrons. The predicted molar refractivity (Wildman–Crippen MR) is 46.8 cm³/mol. The first kappa shape index (κ1) is 8.02. The smallest absolute Gasteiger partial charge is 0.124 e. The molecule has 0 unspecified atom stereocenters. The molecule has 0 aliphatic carbocycles. The van der Waals surface area contributed by atoms with Gasteiger partial charge in [0.25, 0.3) is 0 Å². The largest absolute Gasteiger partial charge is 0.310 e. The van der Waals surface area contributed by atoms with E-state index in [4.69, 9.17) is 11.6 Å². The van der Waals surface area contributed by atoms with E-state index in [-0.39, 0.29) is 5.82 Å². The van der Waals surface area contributed by atoms with Crippen molar-refractivity contribution in [3.05, 3.63) is 34.6 Å². The summed E-state index contributed by atoms with van der Waals surface area (Å²) < 4.78 is 12.6. The summed E-state index contributed by atoms with van der Waals surface area (Å²) in [5.74, 6) is -0.275. The Morgan fingerprint density at radius 2 is 2.25 bits per heavy atom. The van der Waals surface area contributed by atoms with Crippen molar-refractivity contribution in [3.8, 4) is 0 Å². The van der Waals surface area contributed by atoms with E-state index in [1.807, 2.05) is 0 Å². The standard InChI is InChI=1S/C9H9ClFN/c10-8-5-6(11)1-2-7(8)9-3-4-12-9/h1-2,5,9,12H,3-4H2/t9-/m0/s1. The van der Waals surface area contributed by atoms with Crippen molar-refractivity contribution in [3.63, 3.8) is 0 Å². The maximum atomic E-state index is 12.6. The molecule has 1 heterocycles. The minimum absolute atomic E-state index is 0.275. The average Bonchev–Trinajstić information content (AvgIpc) is 1.91. The Labute approximate surface area is 75.5 Å². The summed E-state index contributed by atoms with van der Waals surface area (Å²) in [6, 6.07) is 4.88. The molecule has 2 rings (SSSR count). The highest BCUT2D eigenvalue weighted by molar-refractivity contribution is 6.31. The highest BCUT2D eigenvalue weighted by atomic mass is 35.5. The second kappa shape index (κ2) is 3.04. The van der Waals surface area contributed by atoms with Crippen molar-refractivity contribution in [1.82, 2.24) is 5.32 Å². The first-order valence-electron chi connectivity index (χ1n) is 3.96. The molecule has 12 heavy (non-hydrogen) atoms. The molecule has 1 N–H and O–H groups in total. The van der Waals surface area contributed by atoms with Crippen LogP contribution in [0.4, 0.5) is 4.39 Å². The summed E-state index contributed by atoms with van der Waals surface area (Å²) >= 11 is 5.86. The van der Waals surface area contributed by atoms with Crippen molar-refractivity contribution >= 4 is 11.6 Å². The van der Waals surface area contributed by atoms with Gasteiger partial charge in [-0.3, -0.25) is 0 Å². The molecule has 0 saturated carbocycles. The van der Waals surface area contributed by atoms with Crippen molar-refractivity contribution in [2.75, 3.05) is 6.54 Å². The molecule has 3 heteroatoms. The second-order valence-electron chi connectivity index (χ2n) is 2.96. The van der Waals surface area contributed by atoms with Gasteiger partial charge in [0.15, 0.2) is 0 Å². The Kier molecular flexibility index (Phi) is 2.03. The van der Waals surface area contributed by atoms with Gasteiger partial charge in [-0.1, -0.05) is 17.7 Å². The molecule has 0 bridgehead atoms. The van der Waals surface area contributed by atoms with Crippen LogP contribution in [0.5, 0.6) is 0 Å². The Morgan fingerprint density at radius 3 is 2.75 bits per heavy atom. The minimum atomic E-state index is -0.275. The van der Waals surface area contributed by atoms with E-state index < -0.39 is 0 Å². The topological polar surface area (TPSA) is 12.0 Å². The van der Waals surface area contributed by atoms with Crippen LogP contribution >= 0.6 is 11.6 Å². The van der Waals surface area contributed by atoms with Crippen LogP contribution in [0.25, 0.3) is 0 Å². The monoisotopic (exact) mass is 185 g/mol. The summed E-state index contributed by atoms with van der Waals surface area (Å²) in [5.41, 5.74) is 1.00. The SMILES string of the molecule is Fc1ccc([C@@H]2CCN2)c(Cl)c1. The molecule has 64 valence electrons. The van der Waals surface area contributed by atoms with Gasteiger partial charge < -0.3 is 5.32 Å². The molecule has 1 aromatic rings. The fourth-order valence-electron chi connectivity index (χ4n) is 1.34. The minimum Gasteiger partial charge on any atom is -0.310 e. The van der Waals surface area contributed by atoms with Crippen LogP contribution < -0.4 is 5.32 Å². The van der Waals surface area contributed by atoms with E-state index in [2.05, 4.69) is 5.32 Å². The van der Waals surface area contributed by atoms with E-state index in [0.717, 1.165) is 18.5 Å². The van der Waals surface area contributed by atoms with Gasteiger partial charge in [0.1, 0.15) is 5.82 Å². The van der Waals surface area contributed by atoms with Crippen molar-refractivity contribution in [1.29, 1.82) is 0 Å². The number of hydrogen-bond acceptors (Lipinski definition) is 1. The third-order valence-corrected chi connectivity index (χ3v) is 2.49. The van der Waals surface area contributed by atoms with Crippen LogP contribution in [0.2, 0.25) is 5.02 Å². The fraction of sp³-hybridized carbons (Fsp3) is 0.333. The first-order chi connectivity index (χ1) is 5.77. The summed E-state index contributed by atoms with van der Waals surface area (Å²) in [6.07, 6.45) is 1.09. The Hall–Kier alpha value is -0.600. The van der Waals surface area contributed by atoms with Gasteiger partial charge in [-0.15, -0.1) is 0 Å². The van der Waals surface area contributed by atoms with Gasteiger partial charge >= 0.3 is 0 Å². The van der Waals surface area contributed by atoms with E-state index >= 15 is 0 Å². The molecule has 0 amide bonds. The lowest BCUT2D eigenvalue weighted by Gasteiger charge is -2.28.